The van der Waals surface area contributed by atoms with Gasteiger partial charge in [-0.25, -0.2) is 0 Å². The maximum atomic E-state index is 12.4. The van der Waals surface area contributed by atoms with Gasteiger partial charge in [-0.15, -0.1) is 11.3 Å². The highest BCUT2D eigenvalue weighted by Gasteiger charge is 2.15. The molecule has 0 aliphatic rings. The molecule has 0 N–H and O–H groups in total. The van der Waals surface area contributed by atoms with Crippen molar-refractivity contribution < 1.29 is 4.79 Å². The van der Waals surface area contributed by atoms with Crippen molar-refractivity contribution in [3.05, 3.63) is 55.2 Å². The molecule has 1 aromatic carbocycles. The van der Waals surface area contributed by atoms with E-state index in [9.17, 15) is 4.79 Å². The number of aryl methyl sites for hydroxylation is 2. The molecular weight excluding hydrogens is 296 g/mol. The first-order valence-electron chi connectivity index (χ1n) is 5.37. The Morgan fingerprint density at radius 3 is 2.53 bits per heavy atom. The van der Waals surface area contributed by atoms with Gasteiger partial charge >= 0.3 is 0 Å². The number of ketones is 1. The maximum absolute atomic E-state index is 12.4. The molecule has 0 saturated heterocycles. The van der Waals surface area contributed by atoms with E-state index >= 15 is 0 Å². The Morgan fingerprint density at radius 1 is 1.24 bits per heavy atom. The van der Waals surface area contributed by atoms with E-state index < -0.39 is 0 Å². The number of halogens is 1. The predicted molar refractivity (Wildman–Crippen MR) is 76.1 cm³/mol. The standard InChI is InChI=1S/C14H13BrOS/c1-8-5-4-6-11(9(8)2)14(16)13-7-12(15)10(3)17-13/h4-7H,1-3H3. The number of thiophene rings is 1. The second kappa shape index (κ2) is 4.75. The lowest BCUT2D eigenvalue weighted by atomic mass is 9.99. The van der Waals surface area contributed by atoms with Gasteiger partial charge in [-0.2, -0.15) is 0 Å². The summed E-state index contributed by atoms with van der Waals surface area (Å²) in [5.41, 5.74) is 3.03. The summed E-state index contributed by atoms with van der Waals surface area (Å²) in [4.78, 5) is 14.3. The average Bonchev–Trinajstić information content (AvgIpc) is 2.62. The SMILES string of the molecule is Cc1cccc(C(=O)c2cc(Br)c(C)s2)c1C. The molecule has 2 aromatic rings. The van der Waals surface area contributed by atoms with Gasteiger partial charge in [0.15, 0.2) is 0 Å². The summed E-state index contributed by atoms with van der Waals surface area (Å²) in [7, 11) is 0. The smallest absolute Gasteiger partial charge is 0.203 e. The van der Waals surface area contributed by atoms with Gasteiger partial charge in [-0.05, 0) is 53.9 Å². The molecule has 0 aliphatic heterocycles. The number of carbonyl (C=O) groups excluding carboxylic acids is 1. The van der Waals surface area contributed by atoms with Crippen LogP contribution >= 0.6 is 27.3 Å². The third-order valence-corrected chi connectivity index (χ3v) is 5.07. The number of hydrogen-bond acceptors (Lipinski definition) is 2. The first kappa shape index (κ1) is 12.5. The highest BCUT2D eigenvalue weighted by atomic mass is 79.9. The summed E-state index contributed by atoms with van der Waals surface area (Å²) in [5, 5.41) is 0. The van der Waals surface area contributed by atoms with Gasteiger partial charge in [0.05, 0.1) is 4.88 Å². The molecule has 1 nitrogen and oxygen atoms in total. The molecule has 0 aliphatic carbocycles. The second-order valence-corrected chi connectivity index (χ2v) is 6.20. The normalized spacial score (nSPS) is 10.6. The van der Waals surface area contributed by atoms with Crippen molar-refractivity contribution in [2.45, 2.75) is 20.8 Å². The van der Waals surface area contributed by atoms with E-state index in [0.29, 0.717) is 0 Å². The Morgan fingerprint density at radius 2 is 1.94 bits per heavy atom. The summed E-state index contributed by atoms with van der Waals surface area (Å²) in [6.45, 7) is 6.04. The van der Waals surface area contributed by atoms with E-state index in [2.05, 4.69) is 15.9 Å². The van der Waals surface area contributed by atoms with Crippen LogP contribution in [0.2, 0.25) is 0 Å². The molecule has 0 bridgehead atoms. The zero-order chi connectivity index (χ0) is 12.6. The first-order chi connectivity index (χ1) is 8.00. The molecular formula is C14H13BrOS. The van der Waals surface area contributed by atoms with Crippen molar-refractivity contribution in [2.24, 2.45) is 0 Å². The molecule has 1 heterocycles. The van der Waals surface area contributed by atoms with E-state index in [-0.39, 0.29) is 5.78 Å². The molecule has 0 radical (unpaired) electrons. The molecule has 0 spiro atoms. The fourth-order valence-electron chi connectivity index (χ4n) is 1.70. The number of rotatable bonds is 2. The molecule has 0 unspecified atom stereocenters. The van der Waals surface area contributed by atoms with Crippen LogP contribution in [-0.2, 0) is 0 Å². The van der Waals surface area contributed by atoms with Crippen molar-refractivity contribution in [3.63, 3.8) is 0 Å². The van der Waals surface area contributed by atoms with E-state index in [1.165, 1.54) is 11.3 Å². The van der Waals surface area contributed by atoms with E-state index in [0.717, 1.165) is 30.9 Å². The summed E-state index contributed by atoms with van der Waals surface area (Å²) in [5.74, 6) is 0.116. The van der Waals surface area contributed by atoms with Crippen LogP contribution in [0.25, 0.3) is 0 Å². The Labute approximate surface area is 114 Å². The van der Waals surface area contributed by atoms with Gasteiger partial charge in [0, 0.05) is 14.9 Å². The lowest BCUT2D eigenvalue weighted by molar-refractivity contribution is 0.104. The van der Waals surface area contributed by atoms with Crippen LogP contribution in [0.5, 0.6) is 0 Å². The van der Waals surface area contributed by atoms with Crippen LogP contribution < -0.4 is 0 Å². The second-order valence-electron chi connectivity index (χ2n) is 4.09. The lowest BCUT2D eigenvalue weighted by Gasteiger charge is -2.05. The summed E-state index contributed by atoms with van der Waals surface area (Å²) < 4.78 is 1.01. The van der Waals surface area contributed by atoms with Crippen LogP contribution in [0, 0.1) is 20.8 Å². The third-order valence-electron chi connectivity index (χ3n) is 2.93. The van der Waals surface area contributed by atoms with Gasteiger partial charge in [-0.1, -0.05) is 18.2 Å². The fourth-order valence-corrected chi connectivity index (χ4v) is 3.19. The van der Waals surface area contributed by atoms with Gasteiger partial charge in [0.1, 0.15) is 0 Å². The zero-order valence-corrected chi connectivity index (χ0v) is 12.4. The topological polar surface area (TPSA) is 17.1 Å². The summed E-state index contributed by atoms with van der Waals surface area (Å²) >= 11 is 4.98. The molecule has 17 heavy (non-hydrogen) atoms. The summed E-state index contributed by atoms with van der Waals surface area (Å²) in [6.07, 6.45) is 0. The number of benzene rings is 1. The molecule has 0 saturated carbocycles. The molecule has 0 atom stereocenters. The van der Waals surface area contributed by atoms with E-state index in [1.54, 1.807) is 0 Å². The Balaban J connectivity index is 2.47. The minimum Gasteiger partial charge on any atom is -0.288 e. The van der Waals surface area contributed by atoms with Gasteiger partial charge in [0.25, 0.3) is 0 Å². The van der Waals surface area contributed by atoms with Gasteiger partial charge in [0.2, 0.25) is 5.78 Å². The van der Waals surface area contributed by atoms with Crippen LogP contribution in [0.4, 0.5) is 0 Å². The first-order valence-corrected chi connectivity index (χ1v) is 6.98. The maximum Gasteiger partial charge on any atom is 0.203 e. The van der Waals surface area contributed by atoms with Crippen molar-refractivity contribution >= 4 is 33.0 Å². The summed E-state index contributed by atoms with van der Waals surface area (Å²) in [6, 6.07) is 7.77. The molecule has 2 rings (SSSR count). The highest BCUT2D eigenvalue weighted by Crippen LogP contribution is 2.29. The zero-order valence-electron chi connectivity index (χ0n) is 10.0. The van der Waals surface area contributed by atoms with Crippen LogP contribution in [0.15, 0.2) is 28.7 Å². The molecule has 1 aromatic heterocycles. The van der Waals surface area contributed by atoms with Crippen molar-refractivity contribution in [2.75, 3.05) is 0 Å². The number of hydrogen-bond donors (Lipinski definition) is 0. The fraction of sp³-hybridized carbons (Fsp3) is 0.214. The average molecular weight is 309 g/mol. The predicted octanol–water partition coefficient (Wildman–Crippen LogP) is 4.67. The minimum atomic E-state index is 0.116. The van der Waals surface area contributed by atoms with Crippen molar-refractivity contribution in [3.8, 4) is 0 Å². The monoisotopic (exact) mass is 308 g/mol. The Hall–Kier alpha value is -0.930. The van der Waals surface area contributed by atoms with Crippen LogP contribution in [-0.4, -0.2) is 5.78 Å². The third kappa shape index (κ3) is 2.35. The highest BCUT2D eigenvalue weighted by molar-refractivity contribution is 9.10. The van der Waals surface area contributed by atoms with Crippen molar-refractivity contribution in [1.82, 2.24) is 0 Å². The van der Waals surface area contributed by atoms with Crippen LogP contribution in [0.3, 0.4) is 0 Å². The van der Waals surface area contributed by atoms with Crippen LogP contribution in [0.1, 0.15) is 31.2 Å². The molecule has 0 fully saturated rings. The Kier molecular flexibility index (Phi) is 3.50. The van der Waals surface area contributed by atoms with Gasteiger partial charge in [-0.3, -0.25) is 4.79 Å². The lowest BCUT2D eigenvalue weighted by Crippen LogP contribution is -2.02. The molecule has 88 valence electrons. The van der Waals surface area contributed by atoms with E-state index in [1.807, 2.05) is 45.0 Å². The van der Waals surface area contributed by atoms with Gasteiger partial charge < -0.3 is 0 Å². The molecule has 3 heteroatoms. The Bertz CT molecular complexity index is 564. The minimum absolute atomic E-state index is 0.116. The van der Waals surface area contributed by atoms with Crippen molar-refractivity contribution in [1.29, 1.82) is 0 Å². The molecule has 0 amide bonds. The largest absolute Gasteiger partial charge is 0.288 e. The number of carbonyl (C=O) groups is 1. The van der Waals surface area contributed by atoms with E-state index in [4.69, 9.17) is 0 Å². The quantitative estimate of drug-likeness (QED) is 0.737.